The van der Waals surface area contributed by atoms with Gasteiger partial charge in [0.25, 0.3) is 0 Å². The van der Waals surface area contributed by atoms with Crippen LogP contribution in [0.1, 0.15) is 24.5 Å². The van der Waals surface area contributed by atoms with Gasteiger partial charge in [-0.05, 0) is 49.2 Å². The van der Waals surface area contributed by atoms with Gasteiger partial charge in [-0.3, -0.25) is 9.80 Å². The van der Waals surface area contributed by atoms with Gasteiger partial charge in [0, 0.05) is 25.6 Å². The van der Waals surface area contributed by atoms with Gasteiger partial charge < -0.3 is 10.1 Å². The second-order valence-corrected chi connectivity index (χ2v) is 5.91. The number of nitrogens with one attached hydrogen (secondary N) is 1. The van der Waals surface area contributed by atoms with E-state index in [-0.39, 0.29) is 5.97 Å². The molecule has 0 aliphatic carbocycles. The van der Waals surface area contributed by atoms with Gasteiger partial charge in [0.05, 0.1) is 5.69 Å². The highest BCUT2D eigenvalue weighted by atomic mass is 16.5. The average molecular weight is 323 g/mol. The summed E-state index contributed by atoms with van der Waals surface area (Å²) in [4.78, 5) is 11.2. The van der Waals surface area contributed by atoms with E-state index in [0.29, 0.717) is 5.75 Å². The molecule has 5 nitrogen and oxygen atoms in total. The topological polar surface area (TPSA) is 53.9 Å². The Kier molecular flexibility index (Phi) is 4.51. The van der Waals surface area contributed by atoms with Gasteiger partial charge in [0.1, 0.15) is 11.6 Å². The summed E-state index contributed by atoms with van der Waals surface area (Å²) < 4.78 is 5.27. The maximum absolute atomic E-state index is 11.2. The molecule has 0 radical (unpaired) electrons. The molecule has 124 valence electrons. The van der Waals surface area contributed by atoms with Gasteiger partial charge in [-0.15, -0.1) is 0 Å². The Bertz CT molecular complexity index is 761. The van der Waals surface area contributed by atoms with Gasteiger partial charge in [0.15, 0.2) is 0 Å². The monoisotopic (exact) mass is 323 g/mol. The molecule has 0 bridgehead atoms. The Morgan fingerprint density at radius 1 is 1.17 bits per heavy atom. The number of anilines is 2. The Labute approximate surface area is 141 Å². The first-order valence-corrected chi connectivity index (χ1v) is 7.99. The first-order chi connectivity index (χ1) is 11.5. The van der Waals surface area contributed by atoms with Gasteiger partial charge in [0.2, 0.25) is 0 Å². The number of benzene rings is 2. The number of carbonyl (C=O) groups is 1. The van der Waals surface area contributed by atoms with E-state index in [4.69, 9.17) is 4.74 Å². The molecule has 0 spiro atoms. The molecule has 5 heteroatoms. The zero-order chi connectivity index (χ0) is 17.1. The lowest BCUT2D eigenvalue weighted by atomic mass is 10.1. The Balaban J connectivity index is 1.76. The molecule has 0 amide bonds. The molecular weight excluding hydrogens is 302 g/mol. The van der Waals surface area contributed by atoms with Crippen molar-refractivity contribution in [2.75, 3.05) is 16.9 Å². The smallest absolute Gasteiger partial charge is 0.308 e. The minimum Gasteiger partial charge on any atom is -0.426 e. The Morgan fingerprint density at radius 3 is 2.46 bits per heavy atom. The van der Waals surface area contributed by atoms with E-state index in [1.807, 2.05) is 49.2 Å². The van der Waals surface area contributed by atoms with E-state index in [2.05, 4.69) is 22.6 Å². The number of rotatable bonds is 3. The number of aryl methyl sites for hydroxylation is 2. The van der Waals surface area contributed by atoms with Crippen molar-refractivity contribution in [3.05, 3.63) is 53.6 Å². The molecule has 0 atom stereocenters. The summed E-state index contributed by atoms with van der Waals surface area (Å²) >= 11 is 0. The van der Waals surface area contributed by atoms with Crippen molar-refractivity contribution < 1.29 is 9.53 Å². The molecule has 1 aliphatic heterocycles. The van der Waals surface area contributed by atoms with Crippen LogP contribution in [-0.4, -0.2) is 18.3 Å². The average Bonchev–Trinajstić information content (AvgIpc) is 3.00. The van der Waals surface area contributed by atoms with E-state index in [1.165, 1.54) is 6.92 Å². The lowest BCUT2D eigenvalue weighted by Crippen LogP contribution is -2.11. The maximum Gasteiger partial charge on any atom is 0.308 e. The maximum atomic E-state index is 11.2. The molecule has 24 heavy (non-hydrogen) atoms. The standard InChI is InChI=1S/C19H21N3O2/c1-13-11-16(12-14(2)19(13)24-15(3)23)20-18-9-10-22(21-18)17-7-5-4-6-8-17/h4-8,11-12H,9-10H2,1-3H3,(H,20,21). The van der Waals surface area contributed by atoms with Gasteiger partial charge >= 0.3 is 5.97 Å². The molecule has 0 saturated carbocycles. The fourth-order valence-corrected chi connectivity index (χ4v) is 2.83. The minimum absolute atomic E-state index is 0.305. The summed E-state index contributed by atoms with van der Waals surface area (Å²) in [7, 11) is 0. The zero-order valence-electron chi connectivity index (χ0n) is 14.2. The number of carbonyl (C=O) groups excluding carboxylic acids is 1. The summed E-state index contributed by atoms with van der Waals surface area (Å²) in [5.74, 6) is 1.26. The lowest BCUT2D eigenvalue weighted by molar-refractivity contribution is -0.131. The summed E-state index contributed by atoms with van der Waals surface area (Å²) in [6, 6.07) is 14.1. The van der Waals surface area contributed by atoms with Gasteiger partial charge in [-0.2, -0.15) is 5.10 Å². The largest absolute Gasteiger partial charge is 0.426 e. The molecule has 3 rings (SSSR count). The van der Waals surface area contributed by atoms with E-state index in [0.717, 1.165) is 41.3 Å². The third kappa shape index (κ3) is 3.56. The van der Waals surface area contributed by atoms with E-state index in [9.17, 15) is 4.79 Å². The van der Waals surface area contributed by atoms with Crippen LogP contribution >= 0.6 is 0 Å². The molecule has 0 saturated heterocycles. The van der Waals surface area contributed by atoms with Crippen LogP contribution in [0.4, 0.5) is 11.4 Å². The molecule has 0 aromatic heterocycles. The first-order valence-electron chi connectivity index (χ1n) is 7.99. The van der Waals surface area contributed by atoms with Crippen molar-refractivity contribution in [1.29, 1.82) is 0 Å². The Morgan fingerprint density at radius 2 is 1.83 bits per heavy atom. The molecular formula is C19H21N3O2. The fourth-order valence-electron chi connectivity index (χ4n) is 2.83. The predicted molar refractivity (Wildman–Crippen MR) is 96.7 cm³/mol. The molecule has 2 aromatic carbocycles. The third-order valence-corrected chi connectivity index (χ3v) is 3.85. The fraction of sp³-hybridized carbons (Fsp3) is 0.263. The summed E-state index contributed by atoms with van der Waals surface area (Å²) in [6.45, 7) is 6.14. The number of hydrogen-bond acceptors (Lipinski definition) is 5. The highest BCUT2D eigenvalue weighted by molar-refractivity contribution is 5.98. The van der Waals surface area contributed by atoms with Crippen molar-refractivity contribution in [2.45, 2.75) is 27.2 Å². The van der Waals surface area contributed by atoms with Gasteiger partial charge in [-0.1, -0.05) is 18.2 Å². The van der Waals surface area contributed by atoms with Crippen molar-refractivity contribution in [3.8, 4) is 5.75 Å². The second kappa shape index (κ2) is 6.74. The molecule has 0 unspecified atom stereocenters. The van der Waals surface area contributed by atoms with Gasteiger partial charge in [-0.25, -0.2) is 0 Å². The number of esters is 1. The SMILES string of the molecule is CC(=O)Oc1c(C)cc(NC2=NN(c3ccccc3)CC2)cc1C. The molecule has 1 aliphatic rings. The zero-order valence-corrected chi connectivity index (χ0v) is 14.2. The third-order valence-electron chi connectivity index (χ3n) is 3.85. The summed E-state index contributed by atoms with van der Waals surface area (Å²) in [5, 5.41) is 10.0. The predicted octanol–water partition coefficient (Wildman–Crippen LogP) is 3.86. The van der Waals surface area contributed by atoms with Crippen LogP contribution in [0.25, 0.3) is 0 Å². The van der Waals surface area contributed by atoms with Crippen LogP contribution in [0.2, 0.25) is 0 Å². The quantitative estimate of drug-likeness (QED) is 0.688. The molecule has 0 fully saturated rings. The summed E-state index contributed by atoms with van der Waals surface area (Å²) in [5.41, 5.74) is 3.89. The van der Waals surface area contributed by atoms with E-state index < -0.39 is 0 Å². The lowest BCUT2D eigenvalue weighted by Gasteiger charge is -2.13. The second-order valence-electron chi connectivity index (χ2n) is 5.91. The van der Waals surface area contributed by atoms with Crippen molar-refractivity contribution in [1.82, 2.24) is 0 Å². The van der Waals surface area contributed by atoms with E-state index >= 15 is 0 Å². The number of nitrogens with zero attached hydrogens (tertiary/aromatic N) is 2. The van der Waals surface area contributed by atoms with Crippen LogP contribution < -0.4 is 15.1 Å². The van der Waals surface area contributed by atoms with Crippen LogP contribution in [0.5, 0.6) is 5.75 Å². The molecule has 1 heterocycles. The van der Waals surface area contributed by atoms with E-state index in [1.54, 1.807) is 0 Å². The number of amidine groups is 1. The van der Waals surface area contributed by atoms with Crippen LogP contribution in [0.3, 0.4) is 0 Å². The number of para-hydroxylation sites is 1. The number of ether oxygens (including phenoxy) is 1. The van der Waals surface area contributed by atoms with Crippen molar-refractivity contribution >= 4 is 23.2 Å². The van der Waals surface area contributed by atoms with Crippen LogP contribution in [-0.2, 0) is 4.79 Å². The highest BCUT2D eigenvalue weighted by Gasteiger charge is 2.16. The van der Waals surface area contributed by atoms with Crippen molar-refractivity contribution in [2.24, 2.45) is 5.10 Å². The van der Waals surface area contributed by atoms with Crippen LogP contribution in [0, 0.1) is 13.8 Å². The first kappa shape index (κ1) is 16.1. The molecule has 1 N–H and O–H groups in total. The minimum atomic E-state index is -0.305. The highest BCUT2D eigenvalue weighted by Crippen LogP contribution is 2.28. The Hall–Kier alpha value is -2.82. The number of hydrogen-bond donors (Lipinski definition) is 1. The normalized spacial score (nSPS) is 13.6. The molecule has 2 aromatic rings. The van der Waals surface area contributed by atoms with Crippen molar-refractivity contribution in [3.63, 3.8) is 0 Å². The van der Waals surface area contributed by atoms with Crippen LogP contribution in [0.15, 0.2) is 47.6 Å². The summed E-state index contributed by atoms with van der Waals surface area (Å²) in [6.07, 6.45) is 0.860. The number of hydrazone groups is 1.